The van der Waals surface area contributed by atoms with E-state index in [1.54, 1.807) is 18.2 Å². The van der Waals surface area contributed by atoms with Crippen molar-refractivity contribution in [2.24, 2.45) is 0 Å². The summed E-state index contributed by atoms with van der Waals surface area (Å²) in [7, 11) is 2.75. The number of benzene rings is 2. The molecule has 0 bridgehead atoms. The molecule has 3 amide bonds. The van der Waals surface area contributed by atoms with Crippen molar-refractivity contribution in [1.82, 2.24) is 10.3 Å². The molecule has 12 heteroatoms. The minimum absolute atomic E-state index is 0.0366. The number of carbonyl (C=O) groups is 2. The number of amides is 3. The zero-order valence-corrected chi connectivity index (χ0v) is 18.5. The van der Waals surface area contributed by atoms with Crippen molar-refractivity contribution < 1.29 is 37.0 Å². The van der Waals surface area contributed by atoms with Gasteiger partial charge >= 0.3 is 12.2 Å². The van der Waals surface area contributed by atoms with E-state index in [0.29, 0.717) is 0 Å². The van der Waals surface area contributed by atoms with E-state index >= 15 is 0 Å². The number of hydrogen-bond donors (Lipinski definition) is 2. The summed E-state index contributed by atoms with van der Waals surface area (Å²) in [4.78, 5) is 28.7. The molecular weight excluding hydrogens is 479 g/mol. The topological polar surface area (TPSA) is 98.8 Å². The molecule has 0 radical (unpaired) electrons. The highest BCUT2D eigenvalue weighted by Gasteiger charge is 2.33. The molecular formula is C22H17ClF3N3O5. The Balaban J connectivity index is 1.63. The van der Waals surface area contributed by atoms with Crippen LogP contribution in [-0.2, 0) is 6.18 Å². The Kier molecular flexibility index (Phi) is 7.47. The zero-order valence-electron chi connectivity index (χ0n) is 17.7. The average molecular weight is 496 g/mol. The lowest BCUT2D eigenvalue weighted by Crippen LogP contribution is -2.35. The van der Waals surface area contributed by atoms with Crippen LogP contribution in [0.3, 0.4) is 0 Å². The van der Waals surface area contributed by atoms with Gasteiger partial charge in [-0.05, 0) is 36.4 Å². The lowest BCUT2D eigenvalue weighted by molar-refractivity contribution is -0.137. The average Bonchev–Trinajstić information content (AvgIpc) is 2.78. The van der Waals surface area contributed by atoms with Crippen LogP contribution in [0.25, 0.3) is 0 Å². The summed E-state index contributed by atoms with van der Waals surface area (Å²) in [6, 6.07) is 9.58. The van der Waals surface area contributed by atoms with Crippen molar-refractivity contribution in [2.45, 2.75) is 6.18 Å². The number of alkyl halides is 3. The maximum absolute atomic E-state index is 12.8. The smallest absolute Gasteiger partial charge is 0.417 e. The molecule has 0 fully saturated rings. The van der Waals surface area contributed by atoms with Crippen molar-refractivity contribution in [1.29, 1.82) is 0 Å². The van der Waals surface area contributed by atoms with Gasteiger partial charge in [0.15, 0.2) is 0 Å². The van der Waals surface area contributed by atoms with Crippen LogP contribution in [-0.4, -0.2) is 31.1 Å². The van der Waals surface area contributed by atoms with Gasteiger partial charge in [-0.2, -0.15) is 13.2 Å². The number of nitrogens with one attached hydrogen (secondary N) is 2. The molecule has 0 spiro atoms. The Morgan fingerprint density at radius 3 is 2.15 bits per heavy atom. The van der Waals surface area contributed by atoms with Crippen molar-refractivity contribution in [3.8, 4) is 23.0 Å². The van der Waals surface area contributed by atoms with Crippen molar-refractivity contribution in [3.05, 3.63) is 70.9 Å². The predicted octanol–water partition coefficient (Wildman–Crippen LogP) is 5.53. The molecule has 3 aromatic rings. The summed E-state index contributed by atoms with van der Waals surface area (Å²) in [6.07, 6.45) is -3.35. The number of pyridine rings is 1. The molecule has 0 atom stereocenters. The minimum Gasteiger partial charge on any atom is -0.496 e. The quantitative estimate of drug-likeness (QED) is 0.467. The second-order valence-electron chi connectivity index (χ2n) is 6.57. The number of urea groups is 1. The number of nitrogens with zero attached hydrogens (tertiary/aromatic N) is 1. The molecule has 0 aliphatic heterocycles. The van der Waals surface area contributed by atoms with Crippen LogP contribution >= 0.6 is 11.6 Å². The highest BCUT2D eigenvalue weighted by Crippen LogP contribution is 2.37. The Morgan fingerprint density at radius 1 is 0.971 bits per heavy atom. The van der Waals surface area contributed by atoms with Crippen LogP contribution in [0.5, 0.6) is 23.0 Å². The van der Waals surface area contributed by atoms with Gasteiger partial charge in [-0.15, -0.1) is 0 Å². The second-order valence-corrected chi connectivity index (χ2v) is 6.97. The third-order valence-corrected chi connectivity index (χ3v) is 4.65. The van der Waals surface area contributed by atoms with Gasteiger partial charge in [-0.3, -0.25) is 15.4 Å². The molecule has 0 aliphatic carbocycles. The van der Waals surface area contributed by atoms with E-state index in [4.69, 9.17) is 25.8 Å². The van der Waals surface area contributed by atoms with Crippen molar-refractivity contribution in [3.63, 3.8) is 0 Å². The van der Waals surface area contributed by atoms with Crippen LogP contribution in [0, 0.1) is 0 Å². The molecule has 0 unspecified atom stereocenters. The van der Waals surface area contributed by atoms with Crippen LogP contribution in [0.4, 0.5) is 23.8 Å². The first-order valence-electron chi connectivity index (χ1n) is 9.46. The van der Waals surface area contributed by atoms with E-state index in [1.165, 1.54) is 32.5 Å². The number of aromatic nitrogens is 1. The summed E-state index contributed by atoms with van der Waals surface area (Å²) in [5.74, 6) is -0.00690. The molecule has 2 N–H and O–H groups in total. The number of carbonyl (C=O) groups excluding carboxylic acids is 2. The Bertz CT molecular complexity index is 1180. The molecule has 0 saturated carbocycles. The van der Waals surface area contributed by atoms with E-state index < -0.39 is 28.7 Å². The monoisotopic (exact) mass is 495 g/mol. The number of halogens is 4. The van der Waals surface area contributed by atoms with E-state index in [1.807, 2.05) is 0 Å². The molecule has 2 aromatic carbocycles. The van der Waals surface area contributed by atoms with Crippen LogP contribution in [0.15, 0.2) is 54.7 Å². The highest BCUT2D eigenvalue weighted by molar-refractivity contribution is 6.31. The van der Waals surface area contributed by atoms with Gasteiger partial charge in [0.1, 0.15) is 34.4 Å². The Morgan fingerprint density at radius 2 is 1.62 bits per heavy atom. The molecule has 1 aromatic heterocycles. The maximum Gasteiger partial charge on any atom is 0.417 e. The third kappa shape index (κ3) is 5.87. The van der Waals surface area contributed by atoms with Crippen LogP contribution in [0.2, 0.25) is 5.02 Å². The summed E-state index contributed by atoms with van der Waals surface area (Å²) >= 11 is 5.67. The fraction of sp³-hybridized carbons (Fsp3) is 0.136. The Labute approximate surface area is 196 Å². The summed E-state index contributed by atoms with van der Waals surface area (Å²) in [6.45, 7) is 0. The number of imide groups is 1. The molecule has 0 saturated heterocycles. The maximum atomic E-state index is 12.8. The molecule has 1 heterocycles. The standard InChI is InChI=1S/C22H17ClF3N3O5/c1-32-16-4-3-5-17(33-2)19(16)20(30)29-21(31)28-18-9-7-13(11-27-18)34-12-6-8-14(15(23)10-12)22(24,25)26/h3-11H,1-2H3,(H2,27,28,29,30,31). The first-order valence-corrected chi connectivity index (χ1v) is 9.84. The predicted molar refractivity (Wildman–Crippen MR) is 117 cm³/mol. The zero-order chi connectivity index (χ0) is 24.9. The van der Waals surface area contributed by atoms with Crippen LogP contribution in [0.1, 0.15) is 15.9 Å². The van der Waals surface area contributed by atoms with E-state index in [9.17, 15) is 22.8 Å². The molecule has 8 nitrogen and oxygen atoms in total. The normalized spacial score (nSPS) is 10.9. The lowest BCUT2D eigenvalue weighted by atomic mass is 10.1. The number of anilines is 1. The fourth-order valence-electron chi connectivity index (χ4n) is 2.83. The summed E-state index contributed by atoms with van der Waals surface area (Å²) < 4.78 is 54.1. The lowest BCUT2D eigenvalue weighted by Gasteiger charge is -2.13. The summed E-state index contributed by atoms with van der Waals surface area (Å²) in [5, 5.41) is 4.01. The van der Waals surface area contributed by atoms with Gasteiger partial charge in [0.05, 0.1) is 31.0 Å². The van der Waals surface area contributed by atoms with Gasteiger partial charge in [0, 0.05) is 6.07 Å². The molecule has 34 heavy (non-hydrogen) atoms. The molecule has 178 valence electrons. The number of methoxy groups -OCH3 is 2. The van der Waals surface area contributed by atoms with Gasteiger partial charge < -0.3 is 14.2 Å². The summed E-state index contributed by atoms with van der Waals surface area (Å²) in [5.41, 5.74) is -0.944. The number of hydrogen-bond acceptors (Lipinski definition) is 6. The largest absolute Gasteiger partial charge is 0.496 e. The first kappa shape index (κ1) is 24.6. The second kappa shape index (κ2) is 10.3. The van der Waals surface area contributed by atoms with Crippen LogP contribution < -0.4 is 24.8 Å². The fourth-order valence-corrected chi connectivity index (χ4v) is 3.11. The van der Waals surface area contributed by atoms with Gasteiger partial charge in [0.2, 0.25) is 0 Å². The van der Waals surface area contributed by atoms with E-state index in [-0.39, 0.29) is 34.4 Å². The van der Waals surface area contributed by atoms with Gasteiger partial charge in [0.25, 0.3) is 5.91 Å². The van der Waals surface area contributed by atoms with E-state index in [0.717, 1.165) is 18.2 Å². The minimum atomic E-state index is -4.58. The third-order valence-electron chi connectivity index (χ3n) is 4.34. The molecule has 3 rings (SSSR count). The van der Waals surface area contributed by atoms with E-state index in [2.05, 4.69) is 15.6 Å². The van der Waals surface area contributed by atoms with Crippen molar-refractivity contribution in [2.75, 3.05) is 19.5 Å². The van der Waals surface area contributed by atoms with Gasteiger partial charge in [-0.1, -0.05) is 17.7 Å². The number of rotatable bonds is 6. The first-order chi connectivity index (χ1) is 16.1. The highest BCUT2D eigenvalue weighted by atomic mass is 35.5. The number of ether oxygens (including phenoxy) is 3. The van der Waals surface area contributed by atoms with Gasteiger partial charge in [-0.25, -0.2) is 9.78 Å². The Hall–Kier alpha value is -3.99. The van der Waals surface area contributed by atoms with Crippen molar-refractivity contribution >= 4 is 29.4 Å². The molecule has 0 aliphatic rings. The SMILES string of the molecule is COc1cccc(OC)c1C(=O)NC(=O)Nc1ccc(Oc2ccc(C(F)(F)F)c(Cl)c2)cn1.